The van der Waals surface area contributed by atoms with E-state index >= 15 is 0 Å². The molecule has 0 saturated carbocycles. The van der Waals surface area contributed by atoms with Gasteiger partial charge < -0.3 is 20.1 Å². The highest BCUT2D eigenvalue weighted by Crippen LogP contribution is 2.44. The lowest BCUT2D eigenvalue weighted by Crippen LogP contribution is -2.58. The van der Waals surface area contributed by atoms with Crippen LogP contribution < -0.4 is 15.0 Å². The van der Waals surface area contributed by atoms with E-state index in [1.165, 1.54) is 26.0 Å². The predicted molar refractivity (Wildman–Crippen MR) is 129 cm³/mol. The quantitative estimate of drug-likeness (QED) is 0.537. The number of methoxy groups -OCH3 is 1. The zero-order valence-corrected chi connectivity index (χ0v) is 20.0. The van der Waals surface area contributed by atoms with Crippen molar-refractivity contribution in [3.05, 3.63) is 48.4 Å². The van der Waals surface area contributed by atoms with E-state index in [-0.39, 0.29) is 22.7 Å². The Morgan fingerprint density at radius 3 is 2.38 bits per heavy atom. The highest BCUT2D eigenvalue weighted by atomic mass is 19.1. The Hall–Kier alpha value is -3.26. The number of halogens is 1. The molecule has 0 unspecified atom stereocenters. The maximum Gasteiger partial charge on any atom is 0.216 e. The number of rotatable bonds is 5. The van der Waals surface area contributed by atoms with Crippen LogP contribution in [-0.4, -0.2) is 51.6 Å². The van der Waals surface area contributed by atoms with Crippen molar-refractivity contribution < 1.29 is 14.2 Å². The Kier molecular flexibility index (Phi) is 5.43. The highest BCUT2D eigenvalue weighted by Gasteiger charge is 2.49. The van der Waals surface area contributed by atoms with Gasteiger partial charge in [0.25, 0.3) is 0 Å². The second-order valence-electron chi connectivity index (χ2n) is 10.1. The van der Waals surface area contributed by atoms with Gasteiger partial charge in [0.15, 0.2) is 5.82 Å². The van der Waals surface area contributed by atoms with Crippen molar-refractivity contribution >= 4 is 5.82 Å². The summed E-state index contributed by atoms with van der Waals surface area (Å²) in [5.41, 5.74) is 2.69. The summed E-state index contributed by atoms with van der Waals surface area (Å²) < 4.78 is 18.8. The van der Waals surface area contributed by atoms with Crippen molar-refractivity contribution in [1.29, 1.82) is 0 Å². The van der Waals surface area contributed by atoms with Gasteiger partial charge in [0.2, 0.25) is 11.8 Å². The van der Waals surface area contributed by atoms with Gasteiger partial charge in [0.05, 0.1) is 12.8 Å². The number of anilines is 1. The summed E-state index contributed by atoms with van der Waals surface area (Å²) in [6, 6.07) is 12.3. The van der Waals surface area contributed by atoms with Gasteiger partial charge in [-0.2, -0.15) is 9.37 Å². The number of nitrogens with one attached hydrogen (secondary N) is 1. The van der Waals surface area contributed by atoms with Crippen molar-refractivity contribution in [3.63, 3.8) is 0 Å². The third-order valence-electron chi connectivity index (χ3n) is 7.35. The number of piperidine rings is 1. The number of nitrogens with zero attached hydrogens (tertiary/aromatic N) is 4. The SMILES string of the molecule is COc1cc(-c2ccc(-c3ccc(N(C)[C@H]4C[C@]5(C)CC[C@](C)(C4)N5)nn3)c(O)c2)cc(F)n1. The van der Waals surface area contributed by atoms with E-state index in [4.69, 9.17) is 4.74 Å². The Balaban J connectivity index is 1.36. The molecule has 2 aliphatic heterocycles. The zero-order valence-electron chi connectivity index (χ0n) is 20.0. The maximum atomic E-state index is 13.8. The molecule has 0 spiro atoms. The monoisotopic (exact) mass is 463 g/mol. The molecule has 4 heterocycles. The Morgan fingerprint density at radius 1 is 1.03 bits per heavy atom. The van der Waals surface area contributed by atoms with Crippen LogP contribution in [0, 0.1) is 5.95 Å². The molecule has 34 heavy (non-hydrogen) atoms. The molecule has 5 rings (SSSR count). The van der Waals surface area contributed by atoms with Crippen LogP contribution in [0.4, 0.5) is 10.2 Å². The summed E-state index contributed by atoms with van der Waals surface area (Å²) in [4.78, 5) is 5.89. The number of aromatic hydroxyl groups is 1. The number of ether oxygens (including phenoxy) is 1. The fourth-order valence-electron chi connectivity index (χ4n) is 5.61. The number of pyridine rings is 1. The topological polar surface area (TPSA) is 83.4 Å². The lowest BCUT2D eigenvalue weighted by molar-refractivity contribution is 0.207. The van der Waals surface area contributed by atoms with Crippen molar-refractivity contribution in [2.75, 3.05) is 19.1 Å². The van der Waals surface area contributed by atoms with Gasteiger partial charge >= 0.3 is 0 Å². The standard InChI is InChI=1S/C26H30FN5O2/c1-25-9-10-26(2,31-25)15-18(14-25)32(3)23-8-7-20(29-30-23)19-6-5-16(11-21(19)33)17-12-22(27)28-24(13-17)34-4/h5-8,11-13,18,31,33H,9-10,14-15H2,1-4H3/t18-,25-,26+. The van der Waals surface area contributed by atoms with Crippen molar-refractivity contribution in [3.8, 4) is 34.0 Å². The summed E-state index contributed by atoms with van der Waals surface area (Å²) in [5.74, 6) is 0.389. The van der Waals surface area contributed by atoms with Crippen LogP contribution in [0.5, 0.6) is 11.6 Å². The van der Waals surface area contributed by atoms with Gasteiger partial charge in [-0.05, 0) is 74.9 Å². The number of hydrogen-bond donors (Lipinski definition) is 2. The molecule has 2 N–H and O–H groups in total. The molecule has 3 aromatic rings. The van der Waals surface area contributed by atoms with Crippen LogP contribution >= 0.6 is 0 Å². The molecule has 2 aromatic heterocycles. The first kappa shape index (κ1) is 22.5. The van der Waals surface area contributed by atoms with Crippen LogP contribution in [0.1, 0.15) is 39.5 Å². The Bertz CT molecular complexity index is 1200. The molecule has 0 radical (unpaired) electrons. The normalized spacial score (nSPS) is 25.9. The molecule has 178 valence electrons. The molecule has 0 aliphatic carbocycles. The molecule has 8 heteroatoms. The van der Waals surface area contributed by atoms with E-state index in [0.29, 0.717) is 28.4 Å². The lowest BCUT2D eigenvalue weighted by atomic mass is 9.84. The molecular formula is C26H30FN5O2. The van der Waals surface area contributed by atoms with Gasteiger partial charge in [0.1, 0.15) is 5.75 Å². The Labute approximate surface area is 199 Å². The van der Waals surface area contributed by atoms with E-state index in [9.17, 15) is 9.50 Å². The minimum atomic E-state index is -0.645. The van der Waals surface area contributed by atoms with Crippen LogP contribution in [0.2, 0.25) is 0 Å². The average Bonchev–Trinajstić information content (AvgIpc) is 3.04. The molecule has 2 saturated heterocycles. The number of aromatic nitrogens is 3. The smallest absolute Gasteiger partial charge is 0.216 e. The fraction of sp³-hybridized carbons (Fsp3) is 0.423. The summed E-state index contributed by atoms with van der Waals surface area (Å²) in [6.45, 7) is 4.63. The van der Waals surface area contributed by atoms with Crippen molar-refractivity contribution in [2.45, 2.75) is 56.7 Å². The third kappa shape index (κ3) is 4.18. The minimum Gasteiger partial charge on any atom is -0.507 e. The Morgan fingerprint density at radius 2 is 1.76 bits per heavy atom. The number of phenolic OH excluding ortho intramolecular Hbond substituents is 1. The first-order chi connectivity index (χ1) is 16.2. The van der Waals surface area contributed by atoms with Crippen LogP contribution in [0.15, 0.2) is 42.5 Å². The summed E-state index contributed by atoms with van der Waals surface area (Å²) in [6.07, 6.45) is 4.55. The molecule has 0 amide bonds. The lowest BCUT2D eigenvalue weighted by Gasteiger charge is -2.45. The van der Waals surface area contributed by atoms with Gasteiger partial charge in [-0.15, -0.1) is 10.2 Å². The summed E-state index contributed by atoms with van der Waals surface area (Å²) in [7, 11) is 3.52. The van der Waals surface area contributed by atoms with Crippen molar-refractivity contribution in [1.82, 2.24) is 20.5 Å². The van der Waals surface area contributed by atoms with E-state index in [1.54, 1.807) is 24.3 Å². The molecule has 2 fully saturated rings. The fourth-order valence-corrected chi connectivity index (χ4v) is 5.61. The molecule has 1 aromatic carbocycles. The largest absolute Gasteiger partial charge is 0.507 e. The second-order valence-corrected chi connectivity index (χ2v) is 10.1. The highest BCUT2D eigenvalue weighted by molar-refractivity contribution is 5.74. The summed E-state index contributed by atoms with van der Waals surface area (Å²) in [5, 5.41) is 23.4. The predicted octanol–water partition coefficient (Wildman–Crippen LogP) is 4.56. The van der Waals surface area contributed by atoms with E-state index in [2.05, 4.69) is 46.3 Å². The van der Waals surface area contributed by atoms with E-state index in [1.807, 2.05) is 12.1 Å². The van der Waals surface area contributed by atoms with Crippen LogP contribution in [0.25, 0.3) is 22.4 Å². The van der Waals surface area contributed by atoms with Crippen molar-refractivity contribution in [2.24, 2.45) is 0 Å². The number of phenols is 1. The number of benzene rings is 1. The maximum absolute atomic E-state index is 13.8. The first-order valence-electron chi connectivity index (χ1n) is 11.6. The van der Waals surface area contributed by atoms with Crippen LogP contribution in [-0.2, 0) is 0 Å². The molecule has 3 atom stereocenters. The average molecular weight is 464 g/mol. The van der Waals surface area contributed by atoms with Gasteiger partial charge in [-0.1, -0.05) is 6.07 Å². The van der Waals surface area contributed by atoms with Crippen LogP contribution in [0.3, 0.4) is 0 Å². The first-order valence-corrected chi connectivity index (χ1v) is 11.6. The molecule has 2 bridgehead atoms. The number of fused-ring (bicyclic) bond motifs is 2. The second kappa shape index (κ2) is 8.20. The third-order valence-corrected chi connectivity index (χ3v) is 7.35. The molecular weight excluding hydrogens is 433 g/mol. The van der Waals surface area contributed by atoms with Gasteiger partial charge in [0, 0.05) is 41.9 Å². The minimum absolute atomic E-state index is 0.0415. The van der Waals surface area contributed by atoms with E-state index < -0.39 is 5.95 Å². The zero-order chi connectivity index (χ0) is 24.1. The summed E-state index contributed by atoms with van der Waals surface area (Å²) >= 11 is 0. The van der Waals surface area contributed by atoms with Gasteiger partial charge in [-0.25, -0.2) is 0 Å². The molecule has 2 aliphatic rings. The number of hydrogen-bond acceptors (Lipinski definition) is 7. The van der Waals surface area contributed by atoms with Gasteiger partial charge in [-0.3, -0.25) is 0 Å². The molecule has 7 nitrogen and oxygen atoms in total. The van der Waals surface area contributed by atoms with E-state index in [0.717, 1.165) is 18.7 Å².